The van der Waals surface area contributed by atoms with Crippen LogP contribution in [0.4, 0.5) is 5.95 Å². The number of aromatic nitrogens is 3. The zero-order valence-electron chi connectivity index (χ0n) is 8.17. The van der Waals surface area contributed by atoms with E-state index in [-0.39, 0.29) is 12.5 Å². The highest BCUT2D eigenvalue weighted by Gasteiger charge is 2.04. The minimum atomic E-state index is -0.353. The fraction of sp³-hybridized carbons (Fsp3) is 0.222. The van der Waals surface area contributed by atoms with Crippen LogP contribution in [0.1, 0.15) is 0 Å². The zero-order chi connectivity index (χ0) is 10.7. The molecule has 0 amide bonds. The van der Waals surface area contributed by atoms with E-state index in [9.17, 15) is 4.79 Å². The van der Waals surface area contributed by atoms with Crippen LogP contribution in [0.2, 0.25) is 0 Å². The molecule has 78 valence electrons. The summed E-state index contributed by atoms with van der Waals surface area (Å²) >= 11 is 0. The molecule has 1 N–H and O–H groups in total. The molecule has 0 aliphatic carbocycles. The van der Waals surface area contributed by atoms with E-state index in [1.165, 1.54) is 7.11 Å². The molecule has 0 atom stereocenters. The van der Waals surface area contributed by atoms with Gasteiger partial charge in [-0.05, 0) is 12.1 Å². The highest BCUT2D eigenvalue weighted by atomic mass is 16.5. The molecule has 0 aliphatic rings. The molecule has 0 bridgehead atoms. The summed E-state index contributed by atoms with van der Waals surface area (Å²) in [4.78, 5) is 15.0. The number of esters is 1. The van der Waals surface area contributed by atoms with Gasteiger partial charge in [0.2, 0.25) is 5.95 Å². The molecule has 0 spiro atoms. The van der Waals surface area contributed by atoms with Crippen LogP contribution in [0, 0.1) is 0 Å². The normalized spacial score (nSPS) is 10.2. The fourth-order valence-electron chi connectivity index (χ4n) is 1.13. The van der Waals surface area contributed by atoms with Crippen LogP contribution in [0.3, 0.4) is 0 Å². The first-order valence-electron chi connectivity index (χ1n) is 4.41. The number of hydrogen-bond acceptors (Lipinski definition) is 5. The van der Waals surface area contributed by atoms with Gasteiger partial charge in [-0.1, -0.05) is 6.07 Å². The summed E-state index contributed by atoms with van der Waals surface area (Å²) in [5.74, 6) is 0.0560. The molecule has 2 aromatic rings. The third-order valence-electron chi connectivity index (χ3n) is 1.86. The predicted octanol–water partition coefficient (Wildman–Crippen LogP) is 0.314. The van der Waals surface area contributed by atoms with Crippen molar-refractivity contribution in [3.63, 3.8) is 0 Å². The third-order valence-corrected chi connectivity index (χ3v) is 1.86. The molecule has 2 aromatic heterocycles. The van der Waals surface area contributed by atoms with Crippen molar-refractivity contribution in [2.45, 2.75) is 0 Å². The van der Waals surface area contributed by atoms with Crippen LogP contribution < -0.4 is 5.32 Å². The number of nitrogens with one attached hydrogen (secondary N) is 1. The first kappa shape index (κ1) is 9.45. The van der Waals surface area contributed by atoms with E-state index in [0.29, 0.717) is 5.95 Å². The Morgan fingerprint density at radius 3 is 3.20 bits per heavy atom. The Hall–Kier alpha value is -2.11. The molecule has 6 nitrogen and oxygen atoms in total. The van der Waals surface area contributed by atoms with Crippen LogP contribution in [0.15, 0.2) is 24.4 Å². The number of carbonyl (C=O) groups excluding carboxylic acids is 1. The molecule has 0 aromatic carbocycles. The maximum absolute atomic E-state index is 10.9. The summed E-state index contributed by atoms with van der Waals surface area (Å²) in [6.07, 6.45) is 1.78. The van der Waals surface area contributed by atoms with Crippen molar-refractivity contribution in [3.05, 3.63) is 24.4 Å². The van der Waals surface area contributed by atoms with Crippen molar-refractivity contribution < 1.29 is 9.53 Å². The third kappa shape index (κ3) is 2.04. The maximum Gasteiger partial charge on any atom is 0.325 e. The first-order chi connectivity index (χ1) is 7.29. The van der Waals surface area contributed by atoms with Gasteiger partial charge in [0.15, 0.2) is 5.65 Å². The van der Waals surface area contributed by atoms with E-state index in [0.717, 1.165) is 5.65 Å². The maximum atomic E-state index is 10.9. The van der Waals surface area contributed by atoms with Crippen LogP contribution in [0.5, 0.6) is 0 Å². The quantitative estimate of drug-likeness (QED) is 0.732. The van der Waals surface area contributed by atoms with E-state index >= 15 is 0 Å². The van der Waals surface area contributed by atoms with Crippen molar-refractivity contribution in [1.82, 2.24) is 14.6 Å². The minimum Gasteiger partial charge on any atom is -0.468 e. The SMILES string of the molecule is COC(=O)CNc1nc2ccccn2n1. The Morgan fingerprint density at radius 2 is 2.47 bits per heavy atom. The van der Waals surface area contributed by atoms with E-state index in [2.05, 4.69) is 20.1 Å². The van der Waals surface area contributed by atoms with Gasteiger partial charge < -0.3 is 10.1 Å². The largest absolute Gasteiger partial charge is 0.468 e. The fourth-order valence-corrected chi connectivity index (χ4v) is 1.13. The van der Waals surface area contributed by atoms with Crippen LogP contribution in [-0.2, 0) is 9.53 Å². The van der Waals surface area contributed by atoms with Crippen molar-refractivity contribution >= 4 is 17.6 Å². The highest BCUT2D eigenvalue weighted by Crippen LogP contribution is 2.03. The molecule has 0 radical (unpaired) electrons. The lowest BCUT2D eigenvalue weighted by atomic mass is 10.5. The second-order valence-corrected chi connectivity index (χ2v) is 2.87. The molecule has 2 heterocycles. The second kappa shape index (κ2) is 3.95. The summed E-state index contributed by atoms with van der Waals surface area (Å²) in [6.45, 7) is 0.0629. The second-order valence-electron chi connectivity index (χ2n) is 2.87. The summed E-state index contributed by atoms with van der Waals surface area (Å²) in [5.41, 5.74) is 0.727. The Kier molecular flexibility index (Phi) is 2.49. The number of nitrogens with zero attached hydrogens (tertiary/aromatic N) is 3. The lowest BCUT2D eigenvalue weighted by Crippen LogP contribution is -2.15. The number of rotatable bonds is 3. The zero-order valence-corrected chi connectivity index (χ0v) is 8.17. The van der Waals surface area contributed by atoms with Crippen molar-refractivity contribution in [1.29, 1.82) is 0 Å². The van der Waals surface area contributed by atoms with Gasteiger partial charge in [-0.2, -0.15) is 4.98 Å². The van der Waals surface area contributed by atoms with E-state index < -0.39 is 0 Å². The molecule has 0 saturated carbocycles. The van der Waals surface area contributed by atoms with E-state index in [4.69, 9.17) is 0 Å². The Labute approximate surface area is 85.9 Å². The van der Waals surface area contributed by atoms with Gasteiger partial charge in [0.25, 0.3) is 0 Å². The molecule has 0 unspecified atom stereocenters. The van der Waals surface area contributed by atoms with Gasteiger partial charge in [0.1, 0.15) is 6.54 Å². The molecule has 0 saturated heterocycles. The van der Waals surface area contributed by atoms with Gasteiger partial charge in [-0.25, -0.2) is 4.52 Å². The lowest BCUT2D eigenvalue weighted by Gasteiger charge is -1.97. The summed E-state index contributed by atoms with van der Waals surface area (Å²) in [7, 11) is 1.33. The Morgan fingerprint density at radius 1 is 1.60 bits per heavy atom. The summed E-state index contributed by atoms with van der Waals surface area (Å²) in [6, 6.07) is 5.55. The molecule has 2 rings (SSSR count). The van der Waals surface area contributed by atoms with Crippen molar-refractivity contribution in [2.24, 2.45) is 0 Å². The predicted molar refractivity (Wildman–Crippen MR) is 53.5 cm³/mol. The summed E-state index contributed by atoms with van der Waals surface area (Å²) < 4.78 is 6.11. The van der Waals surface area contributed by atoms with Gasteiger partial charge >= 0.3 is 5.97 Å². The molecular weight excluding hydrogens is 196 g/mol. The van der Waals surface area contributed by atoms with Crippen LogP contribution in [0.25, 0.3) is 5.65 Å². The Balaban J connectivity index is 2.12. The number of carbonyl (C=O) groups is 1. The van der Waals surface area contributed by atoms with Crippen LogP contribution in [-0.4, -0.2) is 34.2 Å². The Bertz CT molecular complexity index is 447. The number of methoxy groups -OCH3 is 1. The lowest BCUT2D eigenvalue weighted by molar-refractivity contribution is -0.138. The standard InChI is InChI=1S/C9H10N4O2/c1-15-8(14)6-10-9-11-7-4-2-3-5-13(7)12-9/h2-5H,6H2,1H3,(H,10,12). The topological polar surface area (TPSA) is 68.5 Å². The molecule has 0 fully saturated rings. The van der Waals surface area contributed by atoms with E-state index in [1.807, 2.05) is 18.2 Å². The van der Waals surface area contributed by atoms with Gasteiger partial charge in [0, 0.05) is 6.20 Å². The van der Waals surface area contributed by atoms with E-state index in [1.54, 1.807) is 10.7 Å². The molecule has 0 aliphatic heterocycles. The number of ether oxygens (including phenoxy) is 1. The molecule has 6 heteroatoms. The number of pyridine rings is 1. The summed E-state index contributed by atoms with van der Waals surface area (Å²) in [5, 5.41) is 6.87. The molecular formula is C9H10N4O2. The average Bonchev–Trinajstić information content (AvgIpc) is 2.68. The highest BCUT2D eigenvalue weighted by molar-refractivity contribution is 5.74. The average molecular weight is 206 g/mol. The smallest absolute Gasteiger partial charge is 0.325 e. The minimum absolute atomic E-state index is 0.0629. The van der Waals surface area contributed by atoms with Crippen molar-refractivity contribution in [3.8, 4) is 0 Å². The first-order valence-corrected chi connectivity index (χ1v) is 4.41. The van der Waals surface area contributed by atoms with Gasteiger partial charge in [-0.3, -0.25) is 4.79 Å². The number of anilines is 1. The molecule has 15 heavy (non-hydrogen) atoms. The van der Waals surface area contributed by atoms with Gasteiger partial charge in [0.05, 0.1) is 7.11 Å². The van der Waals surface area contributed by atoms with Gasteiger partial charge in [-0.15, -0.1) is 5.10 Å². The number of hydrogen-bond donors (Lipinski definition) is 1. The van der Waals surface area contributed by atoms with Crippen molar-refractivity contribution in [2.75, 3.05) is 19.0 Å². The number of fused-ring (bicyclic) bond motifs is 1. The monoisotopic (exact) mass is 206 g/mol. The van der Waals surface area contributed by atoms with Crippen LogP contribution >= 0.6 is 0 Å².